The molecular formula is C87H105ClN24O8S5. The molecule has 2 atom stereocenters. The van der Waals surface area contributed by atoms with E-state index >= 15 is 0 Å². The summed E-state index contributed by atoms with van der Waals surface area (Å²) in [5, 5.41) is 32.4. The number of nitrogens with one attached hydrogen (secondary N) is 4. The molecule has 32 nitrogen and oxygen atoms in total. The fourth-order valence-corrected chi connectivity index (χ4v) is 16.4. The highest BCUT2D eigenvalue weighted by molar-refractivity contribution is 7.60. The second-order valence-corrected chi connectivity index (χ2v) is 30.0. The molecule has 3 aliphatic carbocycles. The van der Waals surface area contributed by atoms with Crippen LogP contribution in [0.4, 0.5) is 5.82 Å². The van der Waals surface area contributed by atoms with Crippen molar-refractivity contribution in [2.75, 3.05) is 42.5 Å². The van der Waals surface area contributed by atoms with Crippen molar-refractivity contribution in [3.05, 3.63) is 295 Å². The number of nitrogens with two attached hydrogens (primary N) is 3. The lowest BCUT2D eigenvalue weighted by Crippen LogP contribution is -2.33. The van der Waals surface area contributed by atoms with Crippen LogP contribution >= 0.6 is 79.9 Å². The van der Waals surface area contributed by atoms with E-state index in [1.165, 1.54) is 54.2 Å². The smallest absolute Gasteiger partial charge is 0.282 e. The molecule has 15 aromatic rings. The van der Waals surface area contributed by atoms with Crippen molar-refractivity contribution in [1.29, 1.82) is 5.26 Å². The van der Waals surface area contributed by atoms with Crippen molar-refractivity contribution in [2.24, 2.45) is 17.4 Å². The first-order valence-corrected chi connectivity index (χ1v) is 40.5. The molecule has 3 amide bonds. The van der Waals surface area contributed by atoms with Crippen LogP contribution in [-0.4, -0.2) is 125 Å². The Hall–Kier alpha value is -12.0. The Morgan fingerprint density at radius 3 is 1.45 bits per heavy atom. The van der Waals surface area contributed by atoms with Crippen LogP contribution in [0.15, 0.2) is 233 Å². The van der Waals surface area contributed by atoms with Gasteiger partial charge in [-0.05, 0) is 193 Å². The number of carbonyl (C=O) groups excluding carboxylic acids is 3. The minimum atomic E-state index is -0.545. The summed E-state index contributed by atoms with van der Waals surface area (Å²) in [7, 11) is 0. The van der Waals surface area contributed by atoms with E-state index in [1.54, 1.807) is 99.0 Å². The number of ether oxygens (including phenoxy) is 1. The summed E-state index contributed by atoms with van der Waals surface area (Å²) in [6.07, 6.45) is 33.5. The summed E-state index contributed by atoms with van der Waals surface area (Å²) in [5.74, 6) is 8.92. The number of carbonyl (C=O) groups is 3. The lowest BCUT2D eigenvalue weighted by atomic mass is 10.1. The highest BCUT2D eigenvalue weighted by atomic mass is 35.5. The number of aromatic amines is 2. The predicted octanol–water partition coefficient (Wildman–Crippen LogP) is 11.6. The van der Waals surface area contributed by atoms with Crippen molar-refractivity contribution in [3.8, 4) is 23.1 Å². The molecule has 3 aliphatic heterocycles. The van der Waals surface area contributed by atoms with Crippen LogP contribution in [0.1, 0.15) is 189 Å². The van der Waals surface area contributed by atoms with Crippen LogP contribution in [0.25, 0.3) is 50.2 Å². The lowest BCUT2D eigenvalue weighted by molar-refractivity contribution is -0.120. The van der Waals surface area contributed by atoms with Crippen molar-refractivity contribution < 1.29 is 19.1 Å². The van der Waals surface area contributed by atoms with Crippen molar-refractivity contribution in [2.45, 2.75) is 139 Å². The van der Waals surface area contributed by atoms with Crippen molar-refractivity contribution >= 4 is 137 Å². The maximum absolute atomic E-state index is 13.5. The topological polar surface area (TPSA) is 409 Å². The zero-order chi connectivity index (χ0) is 82.3. The van der Waals surface area contributed by atoms with E-state index in [-0.39, 0.29) is 126 Å². The van der Waals surface area contributed by atoms with E-state index in [4.69, 9.17) is 32.2 Å². The number of para-hydroxylation sites is 3. The summed E-state index contributed by atoms with van der Waals surface area (Å²) < 4.78 is 19.5. The zero-order valence-corrected chi connectivity index (χ0v) is 74.5. The van der Waals surface area contributed by atoms with E-state index in [9.17, 15) is 38.8 Å². The molecule has 0 radical (unpaired) electrons. The standard InChI is InChI=1S/C23H18N8O.C17H17N3O.C16H16N4O.C11H15N3O2.C11H13N3O.C5H7N3O.C4H8O.ClH.5H2S/c24-12-15-13-25-20-19(15)22(27-14-26-20)29-10-4-8-17(29)21-28-30-11-5-9-18(30)23(32)31(21)16-6-2-1-3-7-16;21-17-15-11-6-12-19(15)18-16(13-7-4-5-8-13)20(17)14-9-2-1-3-10-14;21-16-14-9-5-11-19(14)18-15(13-8-4-10-17-13)20(16)12-6-2-1-3-7-12;12-10(15)9-6-3-7-14(9)13-11(16)8-4-1-2-5-8;15-11-9-6-3-7-14(9)13-10(12-11)8-4-1-2-5-8;6-5(9)4-2-1-3-8(4)7;1-2-4-5-3-1;;;;;;/h1-3,5-7,9,11,13-14,17H,4,8,10H2,(H,25,26,27);1-3,6,9-13H,4-5,7-8H2;1-3,5-7,9,11,13,17H,4,8,10H2;3,6-8H,1-2,4-5H2,(H2,12,15)(H,13,16);3,6-8H,1-2,4-5H2,(H,12,13,15);1-3H,7H2,(H2,6,9);1-4H2;1H;5*1H2/t17-;;13-;;;;;;;;;;/m0.0........../s1. The second-order valence-electron chi connectivity index (χ2n) is 30.0. The van der Waals surface area contributed by atoms with Crippen LogP contribution in [0.2, 0.25) is 0 Å². The number of nitrogens with zero attached hydrogens (tertiary/aromatic N) is 17. The third-order valence-corrected chi connectivity index (χ3v) is 22.3. The number of amides is 3. The van der Waals surface area contributed by atoms with Gasteiger partial charge in [-0.2, -0.15) is 93.1 Å². The Kier molecular flexibility index (Phi) is 35.3. The molecule has 0 bridgehead atoms. The summed E-state index contributed by atoms with van der Waals surface area (Å²) in [4.78, 5) is 101. The first-order valence-electron chi connectivity index (χ1n) is 40.5. The van der Waals surface area contributed by atoms with E-state index in [0.717, 1.165) is 138 Å². The highest BCUT2D eigenvalue weighted by Gasteiger charge is 2.35. The van der Waals surface area contributed by atoms with E-state index in [1.807, 2.05) is 140 Å². The average Bonchev–Trinajstić information content (AvgIpc) is 1.67. The summed E-state index contributed by atoms with van der Waals surface area (Å²) in [5.41, 5.74) is 19.3. The Morgan fingerprint density at radius 2 is 0.960 bits per heavy atom. The van der Waals surface area contributed by atoms with E-state index in [2.05, 4.69) is 51.8 Å². The number of anilines is 1. The van der Waals surface area contributed by atoms with Gasteiger partial charge in [-0.15, -0.1) is 12.4 Å². The number of rotatable bonds is 12. The SMILES string of the molecule is C1CCOC1.Cl.N#Cc1c[nH]c2ncnc(N3CCC[C@H]3c3nn4cccc4c(=O)n3-c3ccccc3)c12.NC(=O)c1cccn1N.NC(=O)c1cccn1NC(=O)C1CCCC1.O=c1[nH]c(C2CCCC2)nn2cccc12.O=c1c2cccn2nc(C2CCCC2)n1-c1ccccc1.O=c1c2cccn2nc([C@@H]2CCCN2)n1-c1ccccc1.S.S.S.S.S. The molecule has 10 N–H and O–H groups in total. The molecule has 6 aliphatic rings. The number of hydrogen-bond acceptors (Lipinski definition) is 18. The van der Waals surface area contributed by atoms with Gasteiger partial charge in [0.05, 0.1) is 40.1 Å². The largest absolute Gasteiger partial charge is 0.381 e. The maximum atomic E-state index is 13.5. The van der Waals surface area contributed by atoms with Crippen LogP contribution in [0.3, 0.4) is 0 Å². The Labute approximate surface area is 760 Å². The van der Waals surface area contributed by atoms with Crippen molar-refractivity contribution in [1.82, 2.24) is 86.8 Å². The third kappa shape index (κ3) is 22.0. The monoisotopic (exact) mass is 1810 g/mol. The number of aromatic nitrogens is 17. The van der Waals surface area contributed by atoms with E-state index in [0.29, 0.717) is 73.5 Å². The van der Waals surface area contributed by atoms with Crippen LogP contribution < -0.4 is 55.2 Å². The molecule has 3 aromatic carbocycles. The van der Waals surface area contributed by atoms with Gasteiger partial charge in [0.1, 0.15) is 69.0 Å². The van der Waals surface area contributed by atoms with Gasteiger partial charge in [0.15, 0.2) is 11.6 Å². The predicted molar refractivity (Wildman–Crippen MR) is 510 cm³/mol. The van der Waals surface area contributed by atoms with Crippen LogP contribution in [-0.2, 0) is 9.53 Å². The first kappa shape index (κ1) is 96.8. The molecule has 6 fully saturated rings. The normalized spacial score (nSPS) is 15.7. The van der Waals surface area contributed by atoms with Crippen molar-refractivity contribution in [3.63, 3.8) is 0 Å². The Bertz CT molecular complexity index is 6190. The van der Waals surface area contributed by atoms with E-state index < -0.39 is 11.8 Å². The zero-order valence-electron chi connectivity index (χ0n) is 68.7. The highest BCUT2D eigenvalue weighted by Crippen LogP contribution is 2.39. The number of fused-ring (bicyclic) bond motifs is 5. The average molecular weight is 1810 g/mol. The molecule has 0 unspecified atom stereocenters. The number of H-pyrrole nitrogens is 2. The van der Waals surface area contributed by atoms with Gasteiger partial charge in [0, 0.05) is 80.9 Å². The molecule has 125 heavy (non-hydrogen) atoms. The molecule has 38 heteroatoms. The second kappa shape index (κ2) is 45.6. The molecule has 12 aromatic heterocycles. The molecule has 21 rings (SSSR count). The van der Waals surface area contributed by atoms with Gasteiger partial charge < -0.3 is 42.2 Å². The summed E-state index contributed by atoms with van der Waals surface area (Å²) in [6.45, 7) is 3.71. The fourth-order valence-electron chi connectivity index (χ4n) is 16.4. The Balaban J connectivity index is 0.000000171. The summed E-state index contributed by atoms with van der Waals surface area (Å²) in [6, 6.07) is 52.3. The number of halogens is 1. The number of hydrogen-bond donors (Lipinski definition) is 7. The lowest BCUT2D eigenvalue weighted by Gasteiger charge is -2.27. The molecule has 3 saturated heterocycles. The number of nitriles is 1. The number of primary amides is 2. The number of benzene rings is 3. The van der Waals surface area contributed by atoms with Gasteiger partial charge in [0.2, 0.25) is 5.91 Å². The van der Waals surface area contributed by atoms with Gasteiger partial charge in [-0.25, -0.2) is 28.0 Å². The Morgan fingerprint density at radius 1 is 0.488 bits per heavy atom. The number of nitrogen functional groups attached to an aromatic ring is 1. The minimum Gasteiger partial charge on any atom is -0.381 e. The molecular weight excluding hydrogens is 1700 g/mol. The molecule has 3 saturated carbocycles. The van der Waals surface area contributed by atoms with Crippen LogP contribution in [0.5, 0.6) is 0 Å². The first-order chi connectivity index (χ1) is 58.2. The van der Waals surface area contributed by atoms with Gasteiger partial charge in [-0.1, -0.05) is 93.1 Å². The maximum Gasteiger partial charge on any atom is 0.282 e. The minimum absolute atomic E-state index is 0. The quantitative estimate of drug-likeness (QED) is 0.0559. The molecule has 15 heterocycles. The fraction of sp³-hybridized carbons (Fsp3) is 0.310. The van der Waals surface area contributed by atoms with Gasteiger partial charge in [-0.3, -0.25) is 62.0 Å². The summed E-state index contributed by atoms with van der Waals surface area (Å²) >= 11 is 0. The van der Waals surface area contributed by atoms with Gasteiger partial charge >= 0.3 is 0 Å². The third-order valence-electron chi connectivity index (χ3n) is 22.3. The molecule has 0 spiro atoms. The van der Waals surface area contributed by atoms with Gasteiger partial charge in [0.25, 0.3) is 34.1 Å². The van der Waals surface area contributed by atoms with Crippen LogP contribution in [0, 0.1) is 17.2 Å². The molecule has 658 valence electrons.